The smallest absolute Gasteiger partial charge is 0.251 e. The number of unbranched alkanes of at least 4 members (excludes halogenated alkanes) is 2. The molecule has 2 N–H and O–H groups in total. The Bertz CT molecular complexity index is 729. The van der Waals surface area contributed by atoms with Gasteiger partial charge < -0.3 is 10.6 Å². The summed E-state index contributed by atoms with van der Waals surface area (Å²) in [5.74, 6) is -0.669. The van der Waals surface area contributed by atoms with Crippen LogP contribution < -0.4 is 10.6 Å². The van der Waals surface area contributed by atoms with Crippen LogP contribution in [0.1, 0.15) is 52.5 Å². The molecule has 0 spiro atoms. The van der Waals surface area contributed by atoms with Gasteiger partial charge in [-0.15, -0.1) is 0 Å². The fourth-order valence-corrected chi connectivity index (χ4v) is 2.55. The Kier molecular flexibility index (Phi) is 7.80. The SMILES string of the molecule is CCCCCNC(=O)c1cccc(C(=O)NCCc2ccc(F)cc2)c1. The number of hydrogen-bond acceptors (Lipinski definition) is 2. The van der Waals surface area contributed by atoms with Gasteiger partial charge in [0, 0.05) is 24.2 Å². The first-order valence-corrected chi connectivity index (χ1v) is 9.01. The molecule has 26 heavy (non-hydrogen) atoms. The van der Waals surface area contributed by atoms with Crippen molar-refractivity contribution in [3.8, 4) is 0 Å². The monoisotopic (exact) mass is 356 g/mol. The van der Waals surface area contributed by atoms with Gasteiger partial charge in [-0.3, -0.25) is 9.59 Å². The summed E-state index contributed by atoms with van der Waals surface area (Å²) in [6.45, 7) is 3.19. The summed E-state index contributed by atoms with van der Waals surface area (Å²) in [5.41, 5.74) is 1.88. The lowest BCUT2D eigenvalue weighted by Gasteiger charge is -2.08. The molecular weight excluding hydrogens is 331 g/mol. The van der Waals surface area contributed by atoms with Gasteiger partial charge in [0.15, 0.2) is 0 Å². The molecule has 0 aliphatic carbocycles. The van der Waals surface area contributed by atoms with E-state index in [0.717, 1.165) is 24.8 Å². The number of carbonyl (C=O) groups excluding carboxylic acids is 2. The van der Waals surface area contributed by atoms with Gasteiger partial charge in [0.2, 0.25) is 0 Å². The lowest BCUT2D eigenvalue weighted by atomic mass is 10.1. The predicted molar refractivity (Wildman–Crippen MR) is 101 cm³/mol. The van der Waals surface area contributed by atoms with Crippen molar-refractivity contribution in [3.63, 3.8) is 0 Å². The average Bonchev–Trinajstić information content (AvgIpc) is 2.66. The Morgan fingerprint density at radius 3 is 2.12 bits per heavy atom. The lowest BCUT2D eigenvalue weighted by Crippen LogP contribution is -2.27. The molecule has 5 heteroatoms. The molecule has 2 amide bonds. The summed E-state index contributed by atoms with van der Waals surface area (Å²) >= 11 is 0. The van der Waals surface area contributed by atoms with E-state index in [0.29, 0.717) is 30.6 Å². The Morgan fingerprint density at radius 1 is 0.885 bits per heavy atom. The highest BCUT2D eigenvalue weighted by Crippen LogP contribution is 2.07. The molecule has 138 valence electrons. The van der Waals surface area contributed by atoms with Crippen LogP contribution in [0.2, 0.25) is 0 Å². The van der Waals surface area contributed by atoms with Crippen LogP contribution in [0.3, 0.4) is 0 Å². The third-order valence-corrected chi connectivity index (χ3v) is 4.07. The number of hydrogen-bond donors (Lipinski definition) is 2. The maximum absolute atomic E-state index is 12.9. The number of benzene rings is 2. The summed E-state index contributed by atoms with van der Waals surface area (Å²) in [6.07, 6.45) is 3.75. The van der Waals surface area contributed by atoms with Crippen LogP contribution in [-0.4, -0.2) is 24.9 Å². The number of rotatable bonds is 9. The Morgan fingerprint density at radius 2 is 1.50 bits per heavy atom. The van der Waals surface area contributed by atoms with Crippen molar-refractivity contribution in [1.82, 2.24) is 10.6 Å². The van der Waals surface area contributed by atoms with Gasteiger partial charge in [0.1, 0.15) is 5.82 Å². The molecule has 2 aromatic rings. The molecule has 0 atom stereocenters. The van der Waals surface area contributed by atoms with Crippen molar-refractivity contribution in [2.24, 2.45) is 0 Å². The van der Waals surface area contributed by atoms with Crippen molar-refractivity contribution in [2.45, 2.75) is 32.6 Å². The van der Waals surface area contributed by atoms with Crippen LogP contribution in [0.25, 0.3) is 0 Å². The Labute approximate surface area is 153 Å². The molecule has 0 fully saturated rings. The van der Waals surface area contributed by atoms with E-state index in [1.54, 1.807) is 36.4 Å². The minimum absolute atomic E-state index is 0.165. The van der Waals surface area contributed by atoms with Crippen LogP contribution in [-0.2, 0) is 6.42 Å². The number of carbonyl (C=O) groups is 2. The van der Waals surface area contributed by atoms with Gasteiger partial charge in [0.05, 0.1) is 0 Å². The summed E-state index contributed by atoms with van der Waals surface area (Å²) in [4.78, 5) is 24.4. The first kappa shape index (κ1) is 19.6. The standard InChI is InChI=1S/C21H25FN2O2/c1-2-3-4-13-23-20(25)17-6-5-7-18(15-17)21(26)24-14-12-16-8-10-19(22)11-9-16/h5-11,15H,2-4,12-14H2,1H3,(H,23,25)(H,24,26). The van der Waals surface area contributed by atoms with Gasteiger partial charge >= 0.3 is 0 Å². The van der Waals surface area contributed by atoms with Crippen molar-refractivity contribution < 1.29 is 14.0 Å². The zero-order valence-corrected chi connectivity index (χ0v) is 15.1. The van der Waals surface area contributed by atoms with Crippen LogP contribution in [0, 0.1) is 5.82 Å². The first-order valence-electron chi connectivity index (χ1n) is 9.01. The normalized spacial score (nSPS) is 10.4. The number of amides is 2. The highest BCUT2D eigenvalue weighted by Gasteiger charge is 2.10. The van der Waals surface area contributed by atoms with Crippen LogP contribution in [0.15, 0.2) is 48.5 Å². The van der Waals surface area contributed by atoms with Gasteiger partial charge in [-0.05, 0) is 48.7 Å². The highest BCUT2D eigenvalue weighted by molar-refractivity contribution is 5.99. The van der Waals surface area contributed by atoms with E-state index in [9.17, 15) is 14.0 Å². The lowest BCUT2D eigenvalue weighted by molar-refractivity contribution is 0.0952. The molecule has 0 aromatic heterocycles. The highest BCUT2D eigenvalue weighted by atomic mass is 19.1. The molecule has 2 aromatic carbocycles. The quantitative estimate of drug-likeness (QED) is 0.673. The van der Waals surface area contributed by atoms with E-state index in [2.05, 4.69) is 17.6 Å². The van der Waals surface area contributed by atoms with E-state index >= 15 is 0 Å². The van der Waals surface area contributed by atoms with Gasteiger partial charge in [-0.25, -0.2) is 4.39 Å². The molecule has 0 aliphatic heterocycles. The van der Waals surface area contributed by atoms with Gasteiger partial charge in [0.25, 0.3) is 11.8 Å². The van der Waals surface area contributed by atoms with E-state index in [1.165, 1.54) is 12.1 Å². The van der Waals surface area contributed by atoms with E-state index in [4.69, 9.17) is 0 Å². The fourth-order valence-electron chi connectivity index (χ4n) is 2.55. The average molecular weight is 356 g/mol. The topological polar surface area (TPSA) is 58.2 Å². The van der Waals surface area contributed by atoms with Gasteiger partial charge in [-0.1, -0.05) is 38.0 Å². The Balaban J connectivity index is 1.84. The molecule has 0 bridgehead atoms. The van der Waals surface area contributed by atoms with Crippen LogP contribution >= 0.6 is 0 Å². The molecule has 0 radical (unpaired) electrons. The minimum Gasteiger partial charge on any atom is -0.352 e. The second-order valence-corrected chi connectivity index (χ2v) is 6.18. The number of nitrogens with one attached hydrogen (secondary N) is 2. The summed E-state index contributed by atoms with van der Waals surface area (Å²) in [6, 6.07) is 12.9. The molecule has 4 nitrogen and oxygen atoms in total. The minimum atomic E-state index is -0.275. The van der Waals surface area contributed by atoms with Crippen molar-refractivity contribution in [1.29, 1.82) is 0 Å². The van der Waals surface area contributed by atoms with E-state index in [-0.39, 0.29) is 17.6 Å². The Hall–Kier alpha value is -2.69. The predicted octanol–water partition coefficient (Wildman–Crippen LogP) is 3.72. The van der Waals surface area contributed by atoms with Gasteiger partial charge in [-0.2, -0.15) is 0 Å². The second-order valence-electron chi connectivity index (χ2n) is 6.18. The summed E-state index contributed by atoms with van der Waals surface area (Å²) < 4.78 is 12.9. The largest absolute Gasteiger partial charge is 0.352 e. The van der Waals surface area contributed by atoms with Crippen LogP contribution in [0.5, 0.6) is 0 Å². The van der Waals surface area contributed by atoms with Crippen molar-refractivity contribution in [3.05, 3.63) is 71.0 Å². The fraction of sp³-hybridized carbons (Fsp3) is 0.333. The molecular formula is C21H25FN2O2. The number of halogens is 1. The summed E-state index contributed by atoms with van der Waals surface area (Å²) in [7, 11) is 0. The molecule has 0 unspecified atom stereocenters. The zero-order valence-electron chi connectivity index (χ0n) is 15.1. The maximum Gasteiger partial charge on any atom is 0.251 e. The third kappa shape index (κ3) is 6.31. The zero-order chi connectivity index (χ0) is 18.8. The van der Waals surface area contributed by atoms with Crippen molar-refractivity contribution >= 4 is 11.8 Å². The van der Waals surface area contributed by atoms with Crippen LogP contribution in [0.4, 0.5) is 4.39 Å². The molecule has 0 aliphatic rings. The summed E-state index contributed by atoms with van der Waals surface area (Å²) in [5, 5.41) is 5.69. The van der Waals surface area contributed by atoms with Crippen molar-refractivity contribution in [2.75, 3.05) is 13.1 Å². The maximum atomic E-state index is 12.9. The molecule has 0 saturated carbocycles. The van der Waals surface area contributed by atoms with E-state index in [1.807, 2.05) is 0 Å². The third-order valence-electron chi connectivity index (χ3n) is 4.07. The molecule has 0 heterocycles. The molecule has 0 saturated heterocycles. The first-order chi connectivity index (χ1) is 12.6. The van der Waals surface area contributed by atoms with E-state index < -0.39 is 0 Å². The molecule has 2 rings (SSSR count). The second kappa shape index (κ2) is 10.3.